The standard InChI is InChI=1S/C75H121NO8/c1-3-5-7-9-11-13-15-17-19-21-23-25-27-29-30-31-32-33-34-35-36-37-38-39-40-41-43-45-47-49-51-53-55-57-59-61-63-65-71(79)76-68(67-83-75-74(82)73(81)72(80)70(66-77)84-75)69(78)64-62-60-58-56-54-52-50-48-46-44-42-28-26-24-22-20-18-16-14-12-10-8-6-4-2/h5,7,11,13,17,19,23,25,29-30,32-33,35-36,38-39,41,43,46-49,53-56,62,64,68-70,72-75,77-78,80-82H,3-4,6,8-10,12,14-16,18,20-22,24,26-28,31,34,37,40,42,44-45,50-52,57-61,63,65-67H2,1-2H3,(H,76,79)/b7-5-,13-11-,19-17-,25-23-,30-29-,33-32-,36-35-,39-38-,43-41-,48-46+,49-47-,55-53-,56-54+,64-62+. The van der Waals surface area contributed by atoms with Gasteiger partial charge in [0.1, 0.15) is 24.4 Å². The Labute approximate surface area is 513 Å². The minimum atomic E-state index is -1.59. The van der Waals surface area contributed by atoms with Gasteiger partial charge in [-0.05, 0) is 128 Å². The Hall–Kier alpha value is -4.45. The van der Waals surface area contributed by atoms with E-state index >= 15 is 0 Å². The summed E-state index contributed by atoms with van der Waals surface area (Å²) in [6.45, 7) is 3.62. The molecule has 1 rings (SSSR count). The zero-order chi connectivity index (χ0) is 60.7. The van der Waals surface area contributed by atoms with Crippen LogP contribution in [0.2, 0.25) is 0 Å². The zero-order valence-corrected chi connectivity index (χ0v) is 52.8. The molecule has 7 unspecified atom stereocenters. The summed E-state index contributed by atoms with van der Waals surface area (Å²) in [6.07, 6.45) is 91.5. The van der Waals surface area contributed by atoms with Crippen LogP contribution in [0.5, 0.6) is 0 Å². The van der Waals surface area contributed by atoms with Crippen LogP contribution in [0.4, 0.5) is 0 Å². The maximum atomic E-state index is 13.1. The highest BCUT2D eigenvalue weighted by molar-refractivity contribution is 5.76. The molecule has 474 valence electrons. The van der Waals surface area contributed by atoms with E-state index in [-0.39, 0.29) is 18.9 Å². The largest absolute Gasteiger partial charge is 0.394 e. The van der Waals surface area contributed by atoms with Gasteiger partial charge in [0.05, 0.1) is 25.4 Å². The molecular weight excluding hydrogens is 1040 g/mol. The Balaban J connectivity index is 2.26. The van der Waals surface area contributed by atoms with Gasteiger partial charge >= 0.3 is 0 Å². The number of aliphatic hydroxyl groups is 5. The van der Waals surface area contributed by atoms with Crippen LogP contribution in [0.25, 0.3) is 0 Å². The second-order valence-electron chi connectivity index (χ2n) is 22.2. The minimum Gasteiger partial charge on any atom is -0.394 e. The van der Waals surface area contributed by atoms with E-state index in [1.54, 1.807) is 6.08 Å². The number of carbonyl (C=O) groups excluding carboxylic acids is 1. The molecule has 1 aliphatic heterocycles. The van der Waals surface area contributed by atoms with Crippen LogP contribution >= 0.6 is 0 Å². The lowest BCUT2D eigenvalue weighted by Gasteiger charge is -2.40. The number of hydrogen-bond acceptors (Lipinski definition) is 8. The lowest BCUT2D eigenvalue weighted by Crippen LogP contribution is -2.60. The van der Waals surface area contributed by atoms with Gasteiger partial charge in [0.15, 0.2) is 6.29 Å². The number of carbonyl (C=O) groups is 1. The highest BCUT2D eigenvalue weighted by Crippen LogP contribution is 2.23. The number of rotatable bonds is 55. The van der Waals surface area contributed by atoms with E-state index in [1.807, 2.05) is 6.08 Å². The van der Waals surface area contributed by atoms with Crippen molar-refractivity contribution in [2.45, 2.75) is 281 Å². The first-order valence-electron chi connectivity index (χ1n) is 33.4. The third-order valence-electron chi connectivity index (χ3n) is 14.5. The van der Waals surface area contributed by atoms with E-state index in [2.05, 4.69) is 177 Å². The van der Waals surface area contributed by atoms with Gasteiger partial charge in [-0.15, -0.1) is 0 Å². The molecule has 0 aromatic carbocycles. The van der Waals surface area contributed by atoms with Gasteiger partial charge in [-0.2, -0.15) is 0 Å². The lowest BCUT2D eigenvalue weighted by molar-refractivity contribution is -0.302. The lowest BCUT2D eigenvalue weighted by atomic mass is 9.99. The van der Waals surface area contributed by atoms with Crippen molar-refractivity contribution in [2.75, 3.05) is 13.2 Å². The van der Waals surface area contributed by atoms with Crippen LogP contribution in [-0.4, -0.2) is 87.5 Å². The van der Waals surface area contributed by atoms with Crippen molar-refractivity contribution >= 4 is 5.91 Å². The van der Waals surface area contributed by atoms with Gasteiger partial charge in [-0.1, -0.05) is 274 Å². The molecule has 1 fully saturated rings. The summed E-state index contributed by atoms with van der Waals surface area (Å²) in [5.74, 6) is -0.229. The fourth-order valence-electron chi connectivity index (χ4n) is 9.31. The van der Waals surface area contributed by atoms with Gasteiger partial charge in [0, 0.05) is 6.42 Å². The third kappa shape index (κ3) is 49.8. The van der Waals surface area contributed by atoms with Crippen LogP contribution in [0.3, 0.4) is 0 Å². The monoisotopic (exact) mass is 1160 g/mol. The Morgan fingerprint density at radius 3 is 1.14 bits per heavy atom. The molecule has 84 heavy (non-hydrogen) atoms. The summed E-state index contributed by atoms with van der Waals surface area (Å²) < 4.78 is 11.3. The summed E-state index contributed by atoms with van der Waals surface area (Å²) in [6, 6.07) is -0.861. The van der Waals surface area contributed by atoms with Gasteiger partial charge in [0.2, 0.25) is 5.91 Å². The molecule has 1 heterocycles. The van der Waals surface area contributed by atoms with E-state index in [1.165, 1.54) is 89.9 Å². The maximum Gasteiger partial charge on any atom is 0.220 e. The summed E-state index contributed by atoms with van der Waals surface area (Å²) in [4.78, 5) is 13.1. The number of allylic oxidation sites excluding steroid dienone is 27. The second kappa shape index (κ2) is 61.6. The molecule has 7 atom stereocenters. The predicted molar refractivity (Wildman–Crippen MR) is 359 cm³/mol. The predicted octanol–water partition coefficient (Wildman–Crippen LogP) is 18.1. The molecule has 0 saturated carbocycles. The maximum absolute atomic E-state index is 13.1. The molecule has 9 heteroatoms. The minimum absolute atomic E-state index is 0.229. The normalized spacial score (nSPS) is 19.3. The molecule has 1 aliphatic rings. The Morgan fingerprint density at radius 1 is 0.417 bits per heavy atom. The molecule has 1 amide bonds. The van der Waals surface area contributed by atoms with E-state index in [4.69, 9.17) is 9.47 Å². The molecule has 0 radical (unpaired) electrons. The van der Waals surface area contributed by atoms with Gasteiger partial charge in [-0.3, -0.25) is 4.79 Å². The van der Waals surface area contributed by atoms with Crippen molar-refractivity contribution in [3.05, 3.63) is 170 Å². The average Bonchev–Trinajstić information content (AvgIpc) is 3.70. The number of amides is 1. The van der Waals surface area contributed by atoms with E-state index in [0.717, 1.165) is 116 Å². The zero-order valence-electron chi connectivity index (χ0n) is 52.8. The fraction of sp³-hybridized carbons (Fsp3) is 0.613. The first-order chi connectivity index (χ1) is 41.3. The van der Waals surface area contributed by atoms with E-state index < -0.39 is 49.5 Å². The molecule has 6 N–H and O–H groups in total. The van der Waals surface area contributed by atoms with Crippen molar-refractivity contribution in [3.63, 3.8) is 0 Å². The summed E-state index contributed by atoms with van der Waals surface area (Å²) in [5.41, 5.74) is 0. The highest BCUT2D eigenvalue weighted by atomic mass is 16.7. The van der Waals surface area contributed by atoms with Crippen molar-refractivity contribution < 1.29 is 39.8 Å². The van der Waals surface area contributed by atoms with Crippen LogP contribution < -0.4 is 5.32 Å². The number of nitrogens with one attached hydrogen (secondary N) is 1. The van der Waals surface area contributed by atoms with Crippen molar-refractivity contribution in [2.24, 2.45) is 0 Å². The first kappa shape index (κ1) is 77.6. The molecule has 0 spiro atoms. The topological polar surface area (TPSA) is 149 Å². The van der Waals surface area contributed by atoms with Crippen molar-refractivity contribution in [1.82, 2.24) is 5.32 Å². The van der Waals surface area contributed by atoms with Gasteiger partial charge in [-0.25, -0.2) is 0 Å². The van der Waals surface area contributed by atoms with Gasteiger partial charge < -0.3 is 40.3 Å². The van der Waals surface area contributed by atoms with Gasteiger partial charge in [0.25, 0.3) is 0 Å². The van der Waals surface area contributed by atoms with Crippen LogP contribution in [0, 0.1) is 0 Å². The van der Waals surface area contributed by atoms with Crippen molar-refractivity contribution in [3.8, 4) is 0 Å². The van der Waals surface area contributed by atoms with E-state index in [9.17, 15) is 30.3 Å². The third-order valence-corrected chi connectivity index (χ3v) is 14.5. The molecule has 0 aromatic heterocycles. The van der Waals surface area contributed by atoms with E-state index in [0.29, 0.717) is 12.8 Å². The summed E-state index contributed by atoms with van der Waals surface area (Å²) >= 11 is 0. The number of hydrogen-bond donors (Lipinski definition) is 6. The summed E-state index contributed by atoms with van der Waals surface area (Å²) in [5, 5.41) is 54.6. The van der Waals surface area contributed by atoms with Crippen LogP contribution in [0.1, 0.15) is 239 Å². The number of ether oxygens (including phenoxy) is 2. The SMILES string of the molecule is CC/C=C\C/C=C\C/C=C\C/C=C\C/C=C\C/C=C\C/C=C\C/C=C\C/C=C\C/C=C\C/C=C\CCCCCC(=O)NC(COC1OC(CO)C(O)C(O)C1O)C(O)/C=C/CC/C=C/CC/C=C/CCCCCCCCCCCCCCCC. The van der Waals surface area contributed by atoms with Crippen LogP contribution in [0.15, 0.2) is 170 Å². The smallest absolute Gasteiger partial charge is 0.220 e. The quantitative estimate of drug-likeness (QED) is 0.0261. The van der Waals surface area contributed by atoms with Crippen LogP contribution in [-0.2, 0) is 14.3 Å². The molecule has 9 nitrogen and oxygen atoms in total. The van der Waals surface area contributed by atoms with Crippen molar-refractivity contribution in [1.29, 1.82) is 0 Å². The number of aliphatic hydroxyl groups excluding tert-OH is 5. The average molecular weight is 1160 g/mol. The Bertz CT molecular complexity index is 1930. The molecule has 0 aromatic rings. The fourth-order valence-corrected chi connectivity index (χ4v) is 9.31. The Morgan fingerprint density at radius 2 is 0.750 bits per heavy atom. The molecule has 0 aliphatic carbocycles. The molecule has 0 bridgehead atoms. The number of unbranched alkanes of at least 4 members (excludes halogenated alkanes) is 19. The molecular formula is C75H121NO8. The first-order valence-corrected chi connectivity index (χ1v) is 33.4. The molecule has 1 saturated heterocycles. The highest BCUT2D eigenvalue weighted by Gasteiger charge is 2.44. The Kier molecular flexibility index (Phi) is 56.9. The summed E-state index contributed by atoms with van der Waals surface area (Å²) in [7, 11) is 0. The second-order valence-corrected chi connectivity index (χ2v) is 22.2.